The number of carbonyl (C=O) groups excluding carboxylic acids is 3. The van der Waals surface area contributed by atoms with Crippen molar-refractivity contribution in [1.29, 1.82) is 0 Å². The smallest absolute Gasteiger partial charge is 0.341 e. The van der Waals surface area contributed by atoms with Crippen LogP contribution >= 0.6 is 23.1 Å². The van der Waals surface area contributed by atoms with Gasteiger partial charge in [-0.15, -0.1) is 23.1 Å². The van der Waals surface area contributed by atoms with Gasteiger partial charge in [-0.3, -0.25) is 9.59 Å². The molecule has 0 bridgehead atoms. The van der Waals surface area contributed by atoms with E-state index in [0.717, 1.165) is 10.4 Å². The fourth-order valence-corrected chi connectivity index (χ4v) is 3.43. The number of esters is 2. The van der Waals surface area contributed by atoms with E-state index in [1.807, 2.05) is 13.8 Å². The van der Waals surface area contributed by atoms with Crippen LogP contribution in [0.25, 0.3) is 0 Å². The van der Waals surface area contributed by atoms with E-state index >= 15 is 0 Å². The minimum atomic E-state index is -0.441. The Hall–Kier alpha value is -1.54. The minimum Gasteiger partial charge on any atom is -0.465 e. The molecule has 0 unspecified atom stereocenters. The molecule has 6 nitrogen and oxygen atoms in total. The van der Waals surface area contributed by atoms with Gasteiger partial charge in [0.1, 0.15) is 5.00 Å². The van der Waals surface area contributed by atoms with Gasteiger partial charge in [-0.1, -0.05) is 0 Å². The molecule has 1 aromatic rings. The van der Waals surface area contributed by atoms with Gasteiger partial charge in [-0.2, -0.15) is 0 Å². The molecule has 0 aliphatic rings. The summed E-state index contributed by atoms with van der Waals surface area (Å²) in [7, 11) is 0. The summed E-state index contributed by atoms with van der Waals surface area (Å²) in [4.78, 5) is 36.2. The predicted molar refractivity (Wildman–Crippen MR) is 92.3 cm³/mol. The number of amides is 1. The fraction of sp³-hybridized carbons (Fsp3) is 0.533. The van der Waals surface area contributed by atoms with Crippen LogP contribution in [0.4, 0.5) is 5.00 Å². The lowest BCUT2D eigenvalue weighted by Crippen LogP contribution is -2.17. The quantitative estimate of drug-likeness (QED) is 0.719. The van der Waals surface area contributed by atoms with Crippen LogP contribution in [0.1, 0.15) is 34.6 Å². The molecule has 0 saturated heterocycles. The topological polar surface area (TPSA) is 81.7 Å². The van der Waals surface area contributed by atoms with Crippen LogP contribution < -0.4 is 5.32 Å². The van der Waals surface area contributed by atoms with Gasteiger partial charge in [0, 0.05) is 4.88 Å². The molecule has 0 aromatic carbocycles. The van der Waals surface area contributed by atoms with E-state index in [-0.39, 0.29) is 30.0 Å². The summed E-state index contributed by atoms with van der Waals surface area (Å²) in [5.41, 5.74) is 1.21. The van der Waals surface area contributed by atoms with Gasteiger partial charge < -0.3 is 14.8 Å². The Morgan fingerprint density at radius 1 is 1.09 bits per heavy atom. The molecule has 0 saturated carbocycles. The fourth-order valence-electron chi connectivity index (χ4n) is 1.76. The lowest BCUT2D eigenvalue weighted by Gasteiger charge is -2.07. The van der Waals surface area contributed by atoms with Crippen molar-refractivity contribution in [2.24, 2.45) is 0 Å². The number of anilines is 1. The number of thioether (sulfide) groups is 1. The zero-order valence-electron chi connectivity index (χ0n) is 13.7. The van der Waals surface area contributed by atoms with Gasteiger partial charge >= 0.3 is 11.9 Å². The van der Waals surface area contributed by atoms with Crippen LogP contribution in [-0.4, -0.2) is 42.6 Å². The molecule has 128 valence electrons. The SMILES string of the molecule is CCOC(=O)CSCC(=O)Nc1sc(C)c(C)c1C(=O)OCC. The number of thiophene rings is 1. The molecule has 0 aliphatic heterocycles. The maximum absolute atomic E-state index is 12.0. The Morgan fingerprint density at radius 2 is 1.74 bits per heavy atom. The highest BCUT2D eigenvalue weighted by atomic mass is 32.2. The Labute approximate surface area is 143 Å². The summed E-state index contributed by atoms with van der Waals surface area (Å²) in [6.07, 6.45) is 0. The van der Waals surface area contributed by atoms with Crippen molar-refractivity contribution < 1.29 is 23.9 Å². The largest absolute Gasteiger partial charge is 0.465 e. The van der Waals surface area contributed by atoms with Crippen LogP contribution in [0.2, 0.25) is 0 Å². The van der Waals surface area contributed by atoms with Gasteiger partial charge in [0.15, 0.2) is 0 Å². The Kier molecular flexibility index (Phi) is 8.11. The molecule has 1 aromatic heterocycles. The molecule has 23 heavy (non-hydrogen) atoms. The number of hydrogen-bond donors (Lipinski definition) is 1. The van der Waals surface area contributed by atoms with Gasteiger partial charge in [0.05, 0.1) is 30.3 Å². The summed E-state index contributed by atoms with van der Waals surface area (Å²) in [6, 6.07) is 0. The average molecular weight is 359 g/mol. The van der Waals surface area contributed by atoms with Crippen molar-refractivity contribution in [2.45, 2.75) is 27.7 Å². The first kappa shape index (κ1) is 19.5. The van der Waals surface area contributed by atoms with Crippen LogP contribution in [0, 0.1) is 13.8 Å². The highest BCUT2D eigenvalue weighted by Crippen LogP contribution is 2.33. The van der Waals surface area contributed by atoms with Gasteiger partial charge in [-0.25, -0.2) is 4.79 Å². The van der Waals surface area contributed by atoms with Gasteiger partial charge in [0.25, 0.3) is 0 Å². The summed E-state index contributed by atoms with van der Waals surface area (Å²) >= 11 is 2.50. The molecule has 1 heterocycles. The molecule has 0 spiro atoms. The first-order chi connectivity index (χ1) is 10.9. The minimum absolute atomic E-state index is 0.108. The number of nitrogens with one attached hydrogen (secondary N) is 1. The van der Waals surface area contributed by atoms with Crippen LogP contribution in [0.3, 0.4) is 0 Å². The summed E-state index contributed by atoms with van der Waals surface area (Å²) in [6.45, 7) is 7.76. The lowest BCUT2D eigenvalue weighted by molar-refractivity contribution is -0.139. The van der Waals surface area contributed by atoms with Crippen molar-refractivity contribution in [2.75, 3.05) is 30.0 Å². The third kappa shape index (κ3) is 5.87. The van der Waals surface area contributed by atoms with Crippen LogP contribution in [0.15, 0.2) is 0 Å². The normalized spacial score (nSPS) is 10.3. The maximum Gasteiger partial charge on any atom is 0.341 e. The molecule has 1 rings (SSSR count). The van der Waals surface area contributed by atoms with Crippen molar-refractivity contribution in [1.82, 2.24) is 0 Å². The van der Waals surface area contributed by atoms with Crippen molar-refractivity contribution >= 4 is 45.9 Å². The molecule has 1 N–H and O–H groups in total. The van der Waals surface area contributed by atoms with Crippen molar-refractivity contribution in [3.05, 3.63) is 16.0 Å². The first-order valence-electron chi connectivity index (χ1n) is 7.20. The predicted octanol–water partition coefficient (Wildman–Crippen LogP) is 2.78. The molecule has 0 radical (unpaired) electrons. The zero-order valence-corrected chi connectivity index (χ0v) is 15.3. The number of aryl methyl sites for hydroxylation is 1. The second kappa shape index (κ2) is 9.57. The third-order valence-electron chi connectivity index (χ3n) is 2.88. The zero-order chi connectivity index (χ0) is 17.4. The molecule has 0 atom stereocenters. The average Bonchev–Trinajstić information content (AvgIpc) is 2.74. The summed E-state index contributed by atoms with van der Waals surface area (Å²) in [5, 5.41) is 3.21. The Bertz CT molecular complexity index is 583. The number of rotatable bonds is 8. The van der Waals surface area contributed by atoms with Crippen molar-refractivity contribution in [3.8, 4) is 0 Å². The molecule has 0 fully saturated rings. The second-order valence-corrected chi connectivity index (χ2v) is 6.76. The Balaban J connectivity index is 2.66. The molecular weight excluding hydrogens is 338 g/mol. The van der Waals surface area contributed by atoms with Gasteiger partial charge in [-0.05, 0) is 33.3 Å². The number of carbonyl (C=O) groups is 3. The Morgan fingerprint density at radius 3 is 2.35 bits per heavy atom. The summed E-state index contributed by atoms with van der Waals surface area (Å²) < 4.78 is 9.82. The van der Waals surface area contributed by atoms with E-state index in [0.29, 0.717) is 17.2 Å². The first-order valence-corrected chi connectivity index (χ1v) is 9.18. The van der Waals surface area contributed by atoms with Gasteiger partial charge in [0.2, 0.25) is 5.91 Å². The van der Waals surface area contributed by atoms with Crippen LogP contribution in [0.5, 0.6) is 0 Å². The van der Waals surface area contributed by atoms with E-state index in [4.69, 9.17) is 9.47 Å². The molecule has 1 amide bonds. The van der Waals surface area contributed by atoms with E-state index in [1.54, 1.807) is 13.8 Å². The lowest BCUT2D eigenvalue weighted by atomic mass is 10.1. The summed E-state index contributed by atoms with van der Waals surface area (Å²) in [5.74, 6) is -0.832. The number of ether oxygens (including phenoxy) is 2. The van der Waals surface area contributed by atoms with E-state index < -0.39 is 5.97 Å². The highest BCUT2D eigenvalue weighted by molar-refractivity contribution is 8.00. The van der Waals surface area contributed by atoms with E-state index in [9.17, 15) is 14.4 Å². The monoisotopic (exact) mass is 359 g/mol. The van der Waals surface area contributed by atoms with E-state index in [2.05, 4.69) is 5.32 Å². The van der Waals surface area contributed by atoms with E-state index in [1.165, 1.54) is 23.1 Å². The standard InChI is InChI=1S/C15H21NO5S2/c1-5-20-12(18)8-22-7-11(17)16-14-13(15(19)21-6-2)9(3)10(4)23-14/h5-8H2,1-4H3,(H,16,17). The van der Waals surface area contributed by atoms with Crippen LogP contribution in [-0.2, 0) is 19.1 Å². The molecular formula is C15H21NO5S2. The highest BCUT2D eigenvalue weighted by Gasteiger charge is 2.22. The molecule has 8 heteroatoms. The number of hydrogen-bond acceptors (Lipinski definition) is 7. The maximum atomic E-state index is 12.0. The van der Waals surface area contributed by atoms with Crippen molar-refractivity contribution in [3.63, 3.8) is 0 Å². The third-order valence-corrected chi connectivity index (χ3v) is 4.91. The second-order valence-electron chi connectivity index (χ2n) is 4.55. The molecule has 0 aliphatic carbocycles.